The molecule has 1 aromatic rings. The van der Waals surface area contributed by atoms with Crippen molar-refractivity contribution in [2.75, 3.05) is 6.61 Å². The van der Waals surface area contributed by atoms with Crippen LogP contribution in [0.5, 0.6) is 0 Å². The van der Waals surface area contributed by atoms with E-state index in [-0.39, 0.29) is 0 Å². The van der Waals surface area contributed by atoms with Crippen LogP contribution in [-0.4, -0.2) is 6.61 Å². The Kier molecular flexibility index (Phi) is 3.27. The first-order valence-electron chi connectivity index (χ1n) is 3.67. The van der Waals surface area contributed by atoms with Gasteiger partial charge in [-0.2, -0.15) is 5.26 Å². The number of benzene rings is 1. The van der Waals surface area contributed by atoms with Crippen molar-refractivity contribution in [2.45, 2.75) is 6.42 Å². The summed E-state index contributed by atoms with van der Waals surface area (Å²) in [6, 6.07) is 9.42. The standard InChI is InChI=1S/C9H10N2O/c10-7-9-3-1-8(2-4-9)5-6-12-11/h1-4H,5-6,11H2. The van der Waals surface area contributed by atoms with E-state index < -0.39 is 0 Å². The minimum Gasteiger partial charge on any atom is -0.304 e. The van der Waals surface area contributed by atoms with Crippen molar-refractivity contribution in [1.82, 2.24) is 0 Å². The maximum atomic E-state index is 8.51. The van der Waals surface area contributed by atoms with Crippen molar-refractivity contribution in [3.05, 3.63) is 35.4 Å². The van der Waals surface area contributed by atoms with Gasteiger partial charge in [0.25, 0.3) is 0 Å². The predicted octanol–water partition coefficient (Wildman–Crippen LogP) is 0.991. The highest BCUT2D eigenvalue weighted by Crippen LogP contribution is 2.03. The Balaban J connectivity index is 2.60. The molecule has 2 N–H and O–H groups in total. The van der Waals surface area contributed by atoms with Crippen molar-refractivity contribution in [3.63, 3.8) is 0 Å². The Morgan fingerprint density at radius 2 is 2.00 bits per heavy atom. The first-order chi connectivity index (χ1) is 5.86. The number of nitrogens with two attached hydrogens (primary N) is 1. The van der Waals surface area contributed by atoms with E-state index >= 15 is 0 Å². The Hall–Kier alpha value is -1.37. The Bertz CT molecular complexity index is 274. The van der Waals surface area contributed by atoms with Gasteiger partial charge in [0.15, 0.2) is 0 Å². The van der Waals surface area contributed by atoms with Crippen LogP contribution in [0, 0.1) is 11.3 Å². The molecule has 3 heteroatoms. The van der Waals surface area contributed by atoms with Gasteiger partial charge in [0, 0.05) is 0 Å². The molecule has 0 radical (unpaired) electrons. The van der Waals surface area contributed by atoms with Crippen molar-refractivity contribution in [2.24, 2.45) is 5.90 Å². The highest BCUT2D eigenvalue weighted by atomic mass is 16.6. The van der Waals surface area contributed by atoms with Crippen LogP contribution in [0.25, 0.3) is 0 Å². The van der Waals surface area contributed by atoms with Gasteiger partial charge in [-0.3, -0.25) is 0 Å². The quantitative estimate of drug-likeness (QED) is 0.674. The Morgan fingerprint density at radius 1 is 1.33 bits per heavy atom. The smallest absolute Gasteiger partial charge is 0.0991 e. The fraction of sp³-hybridized carbons (Fsp3) is 0.222. The van der Waals surface area contributed by atoms with E-state index in [1.165, 1.54) is 0 Å². The molecule has 0 aromatic heterocycles. The summed E-state index contributed by atoms with van der Waals surface area (Å²) < 4.78 is 0. The van der Waals surface area contributed by atoms with E-state index in [0.717, 1.165) is 12.0 Å². The molecule has 0 aliphatic carbocycles. The number of rotatable bonds is 3. The molecule has 1 rings (SSSR count). The summed E-state index contributed by atoms with van der Waals surface area (Å²) in [5.74, 6) is 4.88. The molecule has 0 aliphatic rings. The van der Waals surface area contributed by atoms with E-state index in [1.54, 1.807) is 12.1 Å². The van der Waals surface area contributed by atoms with Crippen LogP contribution in [0.4, 0.5) is 0 Å². The molecule has 62 valence electrons. The lowest BCUT2D eigenvalue weighted by molar-refractivity contribution is 0.141. The maximum Gasteiger partial charge on any atom is 0.0991 e. The molecule has 0 unspecified atom stereocenters. The molecule has 12 heavy (non-hydrogen) atoms. The number of hydrogen-bond donors (Lipinski definition) is 1. The lowest BCUT2D eigenvalue weighted by Gasteiger charge is -1.98. The molecule has 0 fully saturated rings. The second-order valence-corrected chi connectivity index (χ2v) is 2.43. The SMILES string of the molecule is N#Cc1ccc(CCON)cc1. The van der Waals surface area contributed by atoms with Crippen LogP contribution in [0.3, 0.4) is 0 Å². The first-order valence-corrected chi connectivity index (χ1v) is 3.67. The molecular formula is C9H10N2O. The fourth-order valence-electron chi connectivity index (χ4n) is 0.923. The highest BCUT2D eigenvalue weighted by molar-refractivity contribution is 5.31. The monoisotopic (exact) mass is 162 g/mol. The molecular weight excluding hydrogens is 152 g/mol. The summed E-state index contributed by atoms with van der Waals surface area (Å²) in [7, 11) is 0. The predicted molar refractivity (Wildman–Crippen MR) is 45.0 cm³/mol. The van der Waals surface area contributed by atoms with E-state index in [0.29, 0.717) is 12.2 Å². The van der Waals surface area contributed by atoms with Crippen LogP contribution in [-0.2, 0) is 11.3 Å². The van der Waals surface area contributed by atoms with Crippen molar-refractivity contribution in [3.8, 4) is 6.07 Å². The zero-order valence-corrected chi connectivity index (χ0v) is 6.66. The van der Waals surface area contributed by atoms with Crippen LogP contribution in [0.1, 0.15) is 11.1 Å². The summed E-state index contributed by atoms with van der Waals surface area (Å²) in [5.41, 5.74) is 1.80. The van der Waals surface area contributed by atoms with Gasteiger partial charge >= 0.3 is 0 Å². The third-order valence-electron chi connectivity index (χ3n) is 1.59. The summed E-state index contributed by atoms with van der Waals surface area (Å²) in [4.78, 5) is 4.44. The molecule has 0 aliphatic heterocycles. The van der Waals surface area contributed by atoms with Gasteiger partial charge in [-0.05, 0) is 24.1 Å². The van der Waals surface area contributed by atoms with Gasteiger partial charge in [-0.1, -0.05) is 12.1 Å². The molecule has 0 amide bonds. The van der Waals surface area contributed by atoms with Crippen LogP contribution in [0.2, 0.25) is 0 Å². The van der Waals surface area contributed by atoms with Gasteiger partial charge in [0.2, 0.25) is 0 Å². The summed E-state index contributed by atoms with van der Waals surface area (Å²) in [6.07, 6.45) is 0.780. The topological polar surface area (TPSA) is 59.0 Å². The third kappa shape index (κ3) is 2.35. The highest BCUT2D eigenvalue weighted by Gasteiger charge is 1.92. The second kappa shape index (κ2) is 4.50. The van der Waals surface area contributed by atoms with Crippen LogP contribution >= 0.6 is 0 Å². The van der Waals surface area contributed by atoms with Crippen LogP contribution in [0.15, 0.2) is 24.3 Å². The third-order valence-corrected chi connectivity index (χ3v) is 1.59. The molecule has 1 aromatic carbocycles. The summed E-state index contributed by atoms with van der Waals surface area (Å²) in [5, 5.41) is 8.51. The fourth-order valence-corrected chi connectivity index (χ4v) is 0.923. The number of nitrogens with zero attached hydrogens (tertiary/aromatic N) is 1. The molecule has 0 saturated heterocycles. The number of hydrogen-bond acceptors (Lipinski definition) is 3. The summed E-state index contributed by atoms with van der Waals surface area (Å²) in [6.45, 7) is 0.506. The zero-order chi connectivity index (χ0) is 8.81. The maximum absolute atomic E-state index is 8.51. The van der Waals surface area contributed by atoms with Gasteiger partial charge in [0.05, 0.1) is 18.2 Å². The lowest BCUT2D eigenvalue weighted by Crippen LogP contribution is -2.03. The van der Waals surface area contributed by atoms with Gasteiger partial charge < -0.3 is 4.84 Å². The molecule has 0 heterocycles. The van der Waals surface area contributed by atoms with Crippen molar-refractivity contribution >= 4 is 0 Å². The average molecular weight is 162 g/mol. The summed E-state index contributed by atoms with van der Waals surface area (Å²) >= 11 is 0. The van der Waals surface area contributed by atoms with Gasteiger partial charge in [-0.15, -0.1) is 0 Å². The van der Waals surface area contributed by atoms with E-state index in [2.05, 4.69) is 10.9 Å². The van der Waals surface area contributed by atoms with Crippen LogP contribution < -0.4 is 5.90 Å². The average Bonchev–Trinajstić information content (AvgIpc) is 2.15. The Labute approximate surface area is 71.3 Å². The van der Waals surface area contributed by atoms with Gasteiger partial charge in [-0.25, -0.2) is 5.90 Å². The van der Waals surface area contributed by atoms with Gasteiger partial charge in [0.1, 0.15) is 0 Å². The van der Waals surface area contributed by atoms with E-state index in [4.69, 9.17) is 11.2 Å². The second-order valence-electron chi connectivity index (χ2n) is 2.43. The normalized spacial score (nSPS) is 9.33. The molecule has 3 nitrogen and oxygen atoms in total. The molecule has 0 bridgehead atoms. The minimum absolute atomic E-state index is 0.506. The van der Waals surface area contributed by atoms with Crippen molar-refractivity contribution in [1.29, 1.82) is 5.26 Å². The minimum atomic E-state index is 0.506. The largest absolute Gasteiger partial charge is 0.304 e. The Morgan fingerprint density at radius 3 is 2.50 bits per heavy atom. The zero-order valence-electron chi connectivity index (χ0n) is 6.66. The lowest BCUT2D eigenvalue weighted by atomic mass is 10.1. The molecule has 0 spiro atoms. The first kappa shape index (κ1) is 8.72. The van der Waals surface area contributed by atoms with Crippen molar-refractivity contribution < 1.29 is 4.84 Å². The number of nitriles is 1. The molecule has 0 saturated carbocycles. The molecule has 0 atom stereocenters. The van der Waals surface area contributed by atoms with E-state index in [9.17, 15) is 0 Å². The van der Waals surface area contributed by atoms with E-state index in [1.807, 2.05) is 12.1 Å².